The molecule has 0 aliphatic heterocycles. The summed E-state index contributed by atoms with van der Waals surface area (Å²) < 4.78 is 33.4. The van der Waals surface area contributed by atoms with Crippen molar-refractivity contribution in [3.8, 4) is 11.8 Å². The molecule has 0 radical (unpaired) electrons. The van der Waals surface area contributed by atoms with Crippen molar-refractivity contribution in [2.24, 2.45) is 11.1 Å². The highest BCUT2D eigenvalue weighted by atomic mass is 32.2. The van der Waals surface area contributed by atoms with E-state index in [2.05, 4.69) is 32.2 Å². The van der Waals surface area contributed by atoms with E-state index in [1.54, 1.807) is 35.3 Å². The third-order valence-corrected chi connectivity index (χ3v) is 5.62. The van der Waals surface area contributed by atoms with Crippen LogP contribution in [0.25, 0.3) is 0 Å². The minimum Gasteiger partial charge on any atom is -0.456 e. The predicted octanol–water partition coefficient (Wildman–Crippen LogP) is 1.35. The van der Waals surface area contributed by atoms with Crippen LogP contribution in [0.2, 0.25) is 0 Å². The number of aromatic nitrogens is 4. The minimum absolute atomic E-state index is 0.00922. The second kappa shape index (κ2) is 9.95. The zero-order chi connectivity index (χ0) is 23.3. The van der Waals surface area contributed by atoms with E-state index in [1.807, 2.05) is 0 Å². The smallest absolute Gasteiger partial charge is 0.333 e. The van der Waals surface area contributed by atoms with Crippen molar-refractivity contribution in [2.45, 2.75) is 31.8 Å². The minimum atomic E-state index is -3.96. The molecule has 33 heavy (non-hydrogen) atoms. The summed E-state index contributed by atoms with van der Waals surface area (Å²) in [5.74, 6) is 6.49. The van der Waals surface area contributed by atoms with E-state index in [4.69, 9.17) is 13.7 Å². The molecule has 12 heteroatoms. The van der Waals surface area contributed by atoms with E-state index in [0.29, 0.717) is 30.1 Å². The van der Waals surface area contributed by atoms with Gasteiger partial charge in [-0.3, -0.25) is 13.7 Å². The SMILES string of the molecule is NS(=O)(=O)OCC1CCC(Nc2ncncc2C(=O)c2ccn(CC#Cc3ccco3)n2)C1. The first-order chi connectivity index (χ1) is 15.9. The Balaban J connectivity index is 1.39. The number of carbonyl (C=O) groups excluding carboxylic acids is 1. The summed E-state index contributed by atoms with van der Waals surface area (Å²) in [6.07, 6.45) is 8.24. The first-order valence-corrected chi connectivity index (χ1v) is 11.7. The van der Waals surface area contributed by atoms with Crippen LogP contribution in [0.3, 0.4) is 0 Å². The Morgan fingerprint density at radius 3 is 3.03 bits per heavy atom. The van der Waals surface area contributed by atoms with Gasteiger partial charge in [0, 0.05) is 18.4 Å². The molecular weight excluding hydrogens is 448 g/mol. The number of nitrogens with zero attached hydrogens (tertiary/aromatic N) is 4. The molecule has 0 saturated heterocycles. The molecule has 0 bridgehead atoms. The quantitative estimate of drug-likeness (QED) is 0.366. The molecule has 4 rings (SSSR count). The second-order valence-electron chi connectivity index (χ2n) is 7.59. The molecule has 1 aliphatic rings. The van der Waals surface area contributed by atoms with Crippen LogP contribution in [-0.4, -0.2) is 46.6 Å². The van der Waals surface area contributed by atoms with Crippen molar-refractivity contribution in [1.82, 2.24) is 19.7 Å². The Morgan fingerprint density at radius 1 is 1.36 bits per heavy atom. The Morgan fingerprint density at radius 2 is 2.24 bits per heavy atom. The third kappa shape index (κ3) is 6.26. The van der Waals surface area contributed by atoms with E-state index >= 15 is 0 Å². The highest BCUT2D eigenvalue weighted by molar-refractivity contribution is 7.84. The van der Waals surface area contributed by atoms with Gasteiger partial charge < -0.3 is 9.73 Å². The van der Waals surface area contributed by atoms with Crippen molar-refractivity contribution in [2.75, 3.05) is 11.9 Å². The summed E-state index contributed by atoms with van der Waals surface area (Å²) in [4.78, 5) is 21.3. The summed E-state index contributed by atoms with van der Waals surface area (Å²) in [5.41, 5.74) is 0.548. The van der Waals surface area contributed by atoms with Gasteiger partial charge in [-0.25, -0.2) is 15.1 Å². The van der Waals surface area contributed by atoms with Crippen LogP contribution < -0.4 is 10.5 Å². The third-order valence-electron chi connectivity index (χ3n) is 5.15. The number of anilines is 1. The van der Waals surface area contributed by atoms with Crippen LogP contribution in [0.5, 0.6) is 0 Å². The highest BCUT2D eigenvalue weighted by Gasteiger charge is 2.28. The van der Waals surface area contributed by atoms with Gasteiger partial charge in [0.15, 0.2) is 5.76 Å². The average molecular weight is 471 g/mol. The number of hydrogen-bond acceptors (Lipinski definition) is 9. The maximum atomic E-state index is 13.0. The lowest BCUT2D eigenvalue weighted by molar-refractivity contribution is 0.103. The fourth-order valence-corrected chi connectivity index (χ4v) is 4.00. The fraction of sp³-hybridized carbons (Fsp3) is 0.333. The summed E-state index contributed by atoms with van der Waals surface area (Å²) in [6.45, 7) is 0.335. The normalized spacial score (nSPS) is 18.0. The lowest BCUT2D eigenvalue weighted by Gasteiger charge is -2.15. The molecule has 3 heterocycles. The molecule has 3 aromatic rings. The Bertz CT molecular complexity index is 1280. The standard InChI is InChI=1S/C21H22N6O5S/c22-33(29,30)32-13-15-5-6-16(11-15)25-21-18(12-23-14-24-21)20(28)19-7-9-27(26-19)8-1-3-17-4-2-10-31-17/h2,4,7,9-10,12,14-16H,5-6,8,11,13H2,(H2,22,29,30)(H,23,24,25). The average Bonchev–Trinajstić information content (AvgIpc) is 3.54. The summed E-state index contributed by atoms with van der Waals surface area (Å²) in [5, 5.41) is 12.5. The molecule has 0 amide bonds. The van der Waals surface area contributed by atoms with Gasteiger partial charge in [0.05, 0.1) is 18.4 Å². The van der Waals surface area contributed by atoms with E-state index in [9.17, 15) is 13.2 Å². The van der Waals surface area contributed by atoms with Crippen LogP contribution in [0.1, 0.15) is 41.1 Å². The van der Waals surface area contributed by atoms with E-state index in [-0.39, 0.29) is 30.0 Å². The van der Waals surface area contributed by atoms with Crippen molar-refractivity contribution < 1.29 is 21.8 Å². The zero-order valence-electron chi connectivity index (χ0n) is 17.5. The van der Waals surface area contributed by atoms with Gasteiger partial charge in [0.2, 0.25) is 5.78 Å². The van der Waals surface area contributed by atoms with Gasteiger partial charge in [-0.05, 0) is 49.3 Å². The highest BCUT2D eigenvalue weighted by Crippen LogP contribution is 2.29. The van der Waals surface area contributed by atoms with Gasteiger partial charge in [-0.2, -0.15) is 13.5 Å². The van der Waals surface area contributed by atoms with E-state index in [1.165, 1.54) is 12.5 Å². The van der Waals surface area contributed by atoms with E-state index < -0.39 is 10.3 Å². The first-order valence-electron chi connectivity index (χ1n) is 10.2. The van der Waals surface area contributed by atoms with Crippen molar-refractivity contribution in [1.29, 1.82) is 0 Å². The Hall–Kier alpha value is -3.53. The van der Waals surface area contributed by atoms with Gasteiger partial charge in [0.1, 0.15) is 24.4 Å². The van der Waals surface area contributed by atoms with Gasteiger partial charge in [-0.1, -0.05) is 5.92 Å². The number of ketones is 1. The topological polar surface area (TPSA) is 155 Å². The monoisotopic (exact) mass is 470 g/mol. The first kappa shape index (κ1) is 22.7. The van der Waals surface area contributed by atoms with Crippen LogP contribution in [-0.2, 0) is 21.0 Å². The molecular formula is C21H22N6O5S. The number of rotatable bonds is 8. The molecule has 11 nitrogen and oxygen atoms in total. The van der Waals surface area contributed by atoms with Crippen LogP contribution in [0, 0.1) is 17.8 Å². The molecule has 3 N–H and O–H groups in total. The molecule has 3 aromatic heterocycles. The van der Waals surface area contributed by atoms with Crippen molar-refractivity contribution >= 4 is 21.9 Å². The molecule has 0 aromatic carbocycles. The molecule has 2 unspecified atom stereocenters. The van der Waals surface area contributed by atoms with Gasteiger partial charge >= 0.3 is 10.3 Å². The van der Waals surface area contributed by atoms with Crippen LogP contribution in [0.4, 0.5) is 5.82 Å². The number of furan rings is 1. The molecule has 1 fully saturated rings. The largest absolute Gasteiger partial charge is 0.456 e. The molecule has 2 atom stereocenters. The van der Waals surface area contributed by atoms with Crippen LogP contribution in [0.15, 0.2) is 47.6 Å². The van der Waals surface area contributed by atoms with Crippen molar-refractivity contribution in [3.63, 3.8) is 0 Å². The summed E-state index contributed by atoms with van der Waals surface area (Å²) in [6, 6.07) is 5.14. The molecule has 1 aliphatic carbocycles. The van der Waals surface area contributed by atoms with E-state index in [0.717, 1.165) is 12.8 Å². The Labute approximate surface area is 190 Å². The lowest BCUT2D eigenvalue weighted by Crippen LogP contribution is -2.22. The second-order valence-corrected chi connectivity index (χ2v) is 8.81. The number of nitrogens with two attached hydrogens (primary N) is 1. The predicted molar refractivity (Wildman–Crippen MR) is 117 cm³/mol. The summed E-state index contributed by atoms with van der Waals surface area (Å²) >= 11 is 0. The number of carbonyl (C=O) groups is 1. The van der Waals surface area contributed by atoms with Gasteiger partial charge in [-0.15, -0.1) is 0 Å². The zero-order valence-corrected chi connectivity index (χ0v) is 18.4. The Kier molecular flexibility index (Phi) is 6.83. The van der Waals surface area contributed by atoms with Gasteiger partial charge in [0.25, 0.3) is 0 Å². The summed E-state index contributed by atoms with van der Waals surface area (Å²) in [7, 11) is -3.96. The molecule has 1 saturated carbocycles. The van der Waals surface area contributed by atoms with Crippen LogP contribution >= 0.6 is 0 Å². The lowest BCUT2D eigenvalue weighted by atomic mass is 10.1. The number of hydrogen-bond donors (Lipinski definition) is 2. The number of nitrogens with one attached hydrogen (secondary N) is 1. The fourth-order valence-electron chi connectivity index (χ4n) is 3.62. The maximum Gasteiger partial charge on any atom is 0.333 e. The molecule has 0 spiro atoms. The van der Waals surface area contributed by atoms with Crippen molar-refractivity contribution in [3.05, 3.63) is 60.2 Å². The maximum absolute atomic E-state index is 13.0. The molecule has 172 valence electrons.